The maximum Gasteiger partial charge on any atom is 0.401 e. The van der Waals surface area contributed by atoms with E-state index in [-0.39, 0.29) is 11.7 Å². The van der Waals surface area contributed by atoms with Gasteiger partial charge in [0.2, 0.25) is 0 Å². The molecule has 0 radical (unpaired) electrons. The maximum absolute atomic E-state index is 12.6. The zero-order chi connectivity index (χ0) is 13.9. The fourth-order valence-electron chi connectivity index (χ4n) is 0.995. The van der Waals surface area contributed by atoms with Crippen molar-refractivity contribution in [3.8, 4) is 0 Å². The van der Waals surface area contributed by atoms with Crippen LogP contribution < -0.4 is 0 Å². The minimum Gasteiger partial charge on any atom is -0.360 e. The second-order valence-electron chi connectivity index (χ2n) is 4.39. The van der Waals surface area contributed by atoms with E-state index in [1.54, 1.807) is 0 Å². The van der Waals surface area contributed by atoms with Crippen LogP contribution in [0.4, 0.5) is 13.2 Å². The molecular formula is C12H20F3NO. The van der Waals surface area contributed by atoms with Crippen molar-refractivity contribution in [2.75, 3.05) is 0 Å². The molecule has 0 atom stereocenters. The summed E-state index contributed by atoms with van der Waals surface area (Å²) in [5, 5.41) is 3.62. The second kappa shape index (κ2) is 5.56. The van der Waals surface area contributed by atoms with Crippen molar-refractivity contribution in [2.45, 2.75) is 59.1 Å². The highest BCUT2D eigenvalue weighted by atomic mass is 19.4. The van der Waals surface area contributed by atoms with Crippen LogP contribution in [-0.4, -0.2) is 11.3 Å². The zero-order valence-electron chi connectivity index (χ0n) is 11.1. The Bertz CT molecular complexity index is 340. The predicted molar refractivity (Wildman–Crippen MR) is 61.0 cm³/mol. The molecule has 2 nitrogen and oxygen atoms in total. The van der Waals surface area contributed by atoms with Gasteiger partial charge in [0.05, 0.1) is 5.69 Å². The van der Waals surface area contributed by atoms with Gasteiger partial charge in [-0.2, -0.15) is 13.2 Å². The Balaban J connectivity index is 0.00000121. The third-order valence-corrected chi connectivity index (χ3v) is 2.44. The molecule has 0 N–H and O–H groups in total. The van der Waals surface area contributed by atoms with E-state index in [1.165, 1.54) is 6.07 Å². The van der Waals surface area contributed by atoms with Gasteiger partial charge in [0, 0.05) is 6.07 Å². The largest absolute Gasteiger partial charge is 0.401 e. The Kier molecular flexibility index (Phi) is 5.23. The van der Waals surface area contributed by atoms with Gasteiger partial charge in [-0.15, -0.1) is 0 Å². The average molecular weight is 251 g/mol. The van der Waals surface area contributed by atoms with Crippen molar-refractivity contribution in [1.82, 2.24) is 5.16 Å². The fraction of sp³-hybridized carbons (Fsp3) is 0.750. The van der Waals surface area contributed by atoms with Gasteiger partial charge in [-0.1, -0.05) is 32.9 Å². The monoisotopic (exact) mass is 251 g/mol. The molecule has 0 aromatic carbocycles. The summed E-state index contributed by atoms with van der Waals surface area (Å²) < 4.78 is 42.7. The number of alkyl halides is 3. The Labute approximate surface area is 100 Å². The van der Waals surface area contributed by atoms with Crippen LogP contribution >= 0.6 is 0 Å². The quantitative estimate of drug-likeness (QED) is 0.763. The molecule has 1 rings (SSSR count). The lowest BCUT2D eigenvalue weighted by atomic mass is 9.89. The summed E-state index contributed by atoms with van der Waals surface area (Å²) in [5.41, 5.74) is -1.45. The molecule has 5 heteroatoms. The number of nitrogens with zero attached hydrogens (tertiary/aromatic N) is 1. The summed E-state index contributed by atoms with van der Waals surface area (Å²) in [6, 6.07) is 1.37. The number of rotatable bonds is 2. The second-order valence-corrected chi connectivity index (χ2v) is 4.39. The van der Waals surface area contributed by atoms with Crippen LogP contribution in [0, 0.1) is 0 Å². The third-order valence-electron chi connectivity index (χ3n) is 2.44. The van der Waals surface area contributed by atoms with Gasteiger partial charge in [0.1, 0.15) is 5.41 Å². The highest BCUT2D eigenvalue weighted by molar-refractivity contribution is 5.18. The van der Waals surface area contributed by atoms with E-state index >= 15 is 0 Å². The minimum absolute atomic E-state index is 0.0616. The van der Waals surface area contributed by atoms with Crippen LogP contribution in [0.3, 0.4) is 0 Å². The van der Waals surface area contributed by atoms with Crippen molar-refractivity contribution >= 4 is 0 Å². The molecule has 17 heavy (non-hydrogen) atoms. The maximum atomic E-state index is 12.6. The lowest BCUT2D eigenvalue weighted by Gasteiger charge is -2.24. The topological polar surface area (TPSA) is 26.0 Å². The van der Waals surface area contributed by atoms with Gasteiger partial charge in [0.25, 0.3) is 0 Å². The highest BCUT2D eigenvalue weighted by Gasteiger charge is 2.51. The van der Waals surface area contributed by atoms with Crippen molar-refractivity contribution in [3.63, 3.8) is 0 Å². The third kappa shape index (κ3) is 3.48. The number of aromatic nitrogens is 1. The van der Waals surface area contributed by atoms with E-state index < -0.39 is 11.6 Å². The average Bonchev–Trinajstić information content (AvgIpc) is 2.68. The Morgan fingerprint density at radius 3 is 1.94 bits per heavy atom. The Hall–Kier alpha value is -1.00. The van der Waals surface area contributed by atoms with Gasteiger partial charge in [-0.05, 0) is 19.8 Å². The van der Waals surface area contributed by atoms with Gasteiger partial charge in [-0.3, -0.25) is 0 Å². The molecule has 0 saturated carbocycles. The molecule has 0 bridgehead atoms. The first-order valence-electron chi connectivity index (χ1n) is 5.70. The molecular weight excluding hydrogens is 231 g/mol. The molecule has 0 saturated heterocycles. The zero-order valence-corrected chi connectivity index (χ0v) is 11.1. The van der Waals surface area contributed by atoms with E-state index in [0.29, 0.717) is 5.69 Å². The van der Waals surface area contributed by atoms with Crippen LogP contribution in [-0.2, 0) is 5.41 Å². The first-order chi connectivity index (χ1) is 7.66. The van der Waals surface area contributed by atoms with Crippen LogP contribution in [0.15, 0.2) is 10.6 Å². The van der Waals surface area contributed by atoms with Gasteiger partial charge in [0.15, 0.2) is 5.76 Å². The van der Waals surface area contributed by atoms with E-state index in [1.807, 2.05) is 27.7 Å². The molecule has 0 unspecified atom stereocenters. The van der Waals surface area contributed by atoms with Crippen molar-refractivity contribution < 1.29 is 17.7 Å². The summed E-state index contributed by atoms with van der Waals surface area (Å²) >= 11 is 0. The van der Waals surface area contributed by atoms with E-state index in [9.17, 15) is 13.2 Å². The van der Waals surface area contributed by atoms with Crippen molar-refractivity contribution in [2.24, 2.45) is 0 Å². The Morgan fingerprint density at radius 1 is 1.18 bits per heavy atom. The molecule has 1 heterocycles. The van der Waals surface area contributed by atoms with E-state index in [2.05, 4.69) is 5.16 Å². The molecule has 0 aliphatic carbocycles. The van der Waals surface area contributed by atoms with Crippen LogP contribution in [0.1, 0.15) is 58.9 Å². The molecule has 1 aromatic heterocycles. The van der Waals surface area contributed by atoms with Gasteiger partial charge >= 0.3 is 6.18 Å². The highest BCUT2D eigenvalue weighted by Crippen LogP contribution is 2.40. The first-order valence-corrected chi connectivity index (χ1v) is 5.70. The summed E-state index contributed by atoms with van der Waals surface area (Å²) in [6.07, 6.45) is -4.33. The van der Waals surface area contributed by atoms with Gasteiger partial charge < -0.3 is 4.52 Å². The van der Waals surface area contributed by atoms with Gasteiger partial charge in [-0.25, -0.2) is 0 Å². The lowest BCUT2D eigenvalue weighted by Crippen LogP contribution is -2.35. The van der Waals surface area contributed by atoms with Crippen molar-refractivity contribution in [3.05, 3.63) is 17.5 Å². The smallest absolute Gasteiger partial charge is 0.360 e. The molecule has 0 amide bonds. The first kappa shape index (κ1) is 16.0. The molecule has 0 fully saturated rings. The van der Waals surface area contributed by atoms with E-state index in [4.69, 9.17) is 4.52 Å². The summed E-state index contributed by atoms with van der Waals surface area (Å²) in [4.78, 5) is 0. The standard InChI is InChI=1S/C10H14F3NO.C2H6/c1-6(2)7-5-8(15-14-7)9(3,4)10(11,12)13;1-2/h5-6H,1-4H3;1-2H3. The summed E-state index contributed by atoms with van der Waals surface area (Å²) in [5.74, 6) is -0.0785. The minimum atomic E-state index is -4.33. The number of hydrogen-bond acceptors (Lipinski definition) is 2. The SMILES string of the molecule is CC.CC(C)c1cc(C(C)(C)C(F)(F)F)on1. The summed E-state index contributed by atoms with van der Waals surface area (Å²) in [7, 11) is 0. The molecule has 0 spiro atoms. The molecule has 0 aliphatic heterocycles. The summed E-state index contributed by atoms with van der Waals surface area (Å²) in [6.45, 7) is 9.86. The number of halogens is 3. The Morgan fingerprint density at radius 2 is 1.65 bits per heavy atom. The lowest BCUT2D eigenvalue weighted by molar-refractivity contribution is -0.185. The number of hydrogen-bond donors (Lipinski definition) is 0. The predicted octanol–water partition coefficient (Wildman–Crippen LogP) is 4.66. The molecule has 100 valence electrons. The normalized spacial score (nSPS) is 12.4. The fourth-order valence-corrected chi connectivity index (χ4v) is 0.995. The van der Waals surface area contributed by atoms with Crippen LogP contribution in [0.2, 0.25) is 0 Å². The van der Waals surface area contributed by atoms with Crippen LogP contribution in [0.25, 0.3) is 0 Å². The molecule has 0 aliphatic rings. The molecule has 1 aromatic rings. The van der Waals surface area contributed by atoms with Crippen molar-refractivity contribution in [1.29, 1.82) is 0 Å². The van der Waals surface area contributed by atoms with Crippen LogP contribution in [0.5, 0.6) is 0 Å². The van der Waals surface area contributed by atoms with E-state index in [0.717, 1.165) is 13.8 Å².